The SMILES string of the molecule is C=C[C@@H](CO)Cn1cc(C(=O)NCc2c(F)cc(F)cc2F)c(=O)c(OCc2ccccc2)c1C(=O)C[C@@H](C)C=C. The van der Waals surface area contributed by atoms with Crippen molar-refractivity contribution >= 4 is 11.7 Å². The van der Waals surface area contributed by atoms with Crippen molar-refractivity contribution in [1.82, 2.24) is 9.88 Å². The van der Waals surface area contributed by atoms with Crippen LogP contribution in [0.15, 0.2) is 78.8 Å². The normalized spacial score (nSPS) is 12.3. The summed E-state index contributed by atoms with van der Waals surface area (Å²) in [6.07, 6.45) is 4.17. The minimum Gasteiger partial charge on any atom is -0.483 e. The number of aliphatic hydroxyl groups excluding tert-OH is 1. The molecule has 1 amide bonds. The number of benzene rings is 2. The fourth-order valence-corrected chi connectivity index (χ4v) is 4.03. The molecule has 1 aromatic heterocycles. The van der Waals surface area contributed by atoms with E-state index in [4.69, 9.17) is 4.74 Å². The highest BCUT2D eigenvalue weighted by atomic mass is 19.1. The standard InChI is InChI=1S/C31H31F3N2O5/c1-4-19(3)11-27(38)28-30(41-18-21-9-7-6-8-10-21)29(39)24(16-36(28)15-20(5-2)17-37)31(40)35-14-23-25(33)12-22(32)13-26(23)34/h4-10,12-13,16,19-20,37H,1-2,11,14-15,17-18H2,3H3,(H,35,40)/t19-,20+/m0/s1. The van der Waals surface area contributed by atoms with Crippen LogP contribution < -0.4 is 15.5 Å². The van der Waals surface area contributed by atoms with Crippen LogP contribution in [0.2, 0.25) is 0 Å². The Bertz CT molecular complexity index is 1460. The molecule has 2 aromatic carbocycles. The second-order valence-corrected chi connectivity index (χ2v) is 9.53. The van der Waals surface area contributed by atoms with E-state index in [9.17, 15) is 32.7 Å². The number of halogens is 3. The van der Waals surface area contributed by atoms with Crippen molar-refractivity contribution in [3.63, 3.8) is 0 Å². The summed E-state index contributed by atoms with van der Waals surface area (Å²) >= 11 is 0. The molecule has 0 aliphatic carbocycles. The molecule has 216 valence electrons. The third-order valence-corrected chi connectivity index (χ3v) is 6.41. The third kappa shape index (κ3) is 7.82. The molecule has 0 aliphatic heterocycles. The smallest absolute Gasteiger partial charge is 0.257 e. The van der Waals surface area contributed by atoms with Crippen LogP contribution in [0.25, 0.3) is 0 Å². The molecule has 0 saturated heterocycles. The Balaban J connectivity index is 2.12. The Morgan fingerprint density at radius 3 is 2.34 bits per heavy atom. The van der Waals surface area contributed by atoms with Crippen LogP contribution in [0.1, 0.15) is 45.3 Å². The van der Waals surface area contributed by atoms with Crippen LogP contribution in [0.5, 0.6) is 5.75 Å². The van der Waals surface area contributed by atoms with Crippen LogP contribution in [0.3, 0.4) is 0 Å². The zero-order valence-electron chi connectivity index (χ0n) is 22.5. The maximum absolute atomic E-state index is 14.1. The van der Waals surface area contributed by atoms with Gasteiger partial charge in [0, 0.05) is 49.3 Å². The molecular weight excluding hydrogens is 537 g/mol. The molecule has 0 saturated carbocycles. The summed E-state index contributed by atoms with van der Waals surface area (Å²) in [5.74, 6) is -6.18. The van der Waals surface area contributed by atoms with E-state index in [0.717, 1.165) is 6.20 Å². The highest BCUT2D eigenvalue weighted by molar-refractivity contribution is 6.00. The van der Waals surface area contributed by atoms with Crippen LogP contribution in [0.4, 0.5) is 13.2 Å². The van der Waals surface area contributed by atoms with Gasteiger partial charge in [0.1, 0.15) is 35.3 Å². The minimum atomic E-state index is -1.21. The molecule has 10 heteroatoms. The average Bonchev–Trinajstić information content (AvgIpc) is 2.95. The van der Waals surface area contributed by atoms with Gasteiger partial charge in [-0.1, -0.05) is 49.4 Å². The number of carbonyl (C=O) groups excluding carboxylic acids is 2. The zero-order chi connectivity index (χ0) is 30.1. The summed E-state index contributed by atoms with van der Waals surface area (Å²) in [5, 5.41) is 12.1. The Kier molecular flexibility index (Phi) is 10.8. The lowest BCUT2D eigenvalue weighted by Crippen LogP contribution is -2.33. The topological polar surface area (TPSA) is 97.6 Å². The van der Waals surface area contributed by atoms with Crippen LogP contribution >= 0.6 is 0 Å². The lowest BCUT2D eigenvalue weighted by Gasteiger charge is -2.21. The number of nitrogens with zero attached hydrogens (tertiary/aromatic N) is 1. The number of hydrogen-bond donors (Lipinski definition) is 2. The molecule has 0 fully saturated rings. The monoisotopic (exact) mass is 568 g/mol. The van der Waals surface area contributed by atoms with Crippen LogP contribution in [-0.2, 0) is 19.7 Å². The largest absolute Gasteiger partial charge is 0.483 e. The van der Waals surface area contributed by atoms with E-state index in [-0.39, 0.29) is 43.5 Å². The minimum absolute atomic E-state index is 0.0167. The molecule has 3 rings (SSSR count). The maximum atomic E-state index is 14.1. The average molecular weight is 569 g/mol. The van der Waals surface area contributed by atoms with Gasteiger partial charge >= 0.3 is 0 Å². The first kappa shape index (κ1) is 31.1. The third-order valence-electron chi connectivity index (χ3n) is 6.41. The summed E-state index contributed by atoms with van der Waals surface area (Å²) in [4.78, 5) is 40.3. The van der Waals surface area contributed by atoms with Gasteiger partial charge in [-0.2, -0.15) is 0 Å². The van der Waals surface area contributed by atoms with Crippen LogP contribution in [0, 0.1) is 29.3 Å². The Morgan fingerprint density at radius 2 is 1.76 bits per heavy atom. The molecule has 0 radical (unpaired) electrons. The van der Waals surface area contributed by atoms with Crippen molar-refractivity contribution in [3.8, 4) is 5.75 Å². The number of rotatable bonds is 14. The number of hydrogen-bond acceptors (Lipinski definition) is 5. The molecular formula is C31H31F3N2O5. The fraction of sp³-hybridized carbons (Fsp3) is 0.258. The first-order valence-corrected chi connectivity index (χ1v) is 12.8. The molecule has 2 N–H and O–H groups in total. The van der Waals surface area contributed by atoms with Crippen molar-refractivity contribution in [1.29, 1.82) is 0 Å². The predicted octanol–water partition coefficient (Wildman–Crippen LogP) is 4.96. The van der Waals surface area contributed by atoms with E-state index in [1.165, 1.54) is 10.6 Å². The van der Waals surface area contributed by atoms with E-state index in [1.54, 1.807) is 43.3 Å². The van der Waals surface area contributed by atoms with Gasteiger partial charge in [0.25, 0.3) is 5.91 Å². The second-order valence-electron chi connectivity index (χ2n) is 9.53. The van der Waals surface area contributed by atoms with E-state index in [0.29, 0.717) is 17.7 Å². The van der Waals surface area contributed by atoms with Gasteiger partial charge in [-0.25, -0.2) is 13.2 Å². The Hall–Kier alpha value is -4.44. The molecule has 3 aromatic rings. The number of nitrogens with one attached hydrogen (secondary N) is 1. The van der Waals surface area contributed by atoms with E-state index < -0.39 is 58.2 Å². The Morgan fingerprint density at radius 1 is 1.10 bits per heavy atom. The Labute approximate surface area is 235 Å². The van der Waals surface area contributed by atoms with Gasteiger partial charge in [-0.05, 0) is 11.5 Å². The summed E-state index contributed by atoms with van der Waals surface area (Å²) in [5.41, 5.74) is -1.40. The molecule has 2 atom stereocenters. The van der Waals surface area contributed by atoms with Crippen LogP contribution in [-0.4, -0.2) is 28.0 Å². The zero-order valence-corrected chi connectivity index (χ0v) is 22.5. The predicted molar refractivity (Wildman–Crippen MR) is 148 cm³/mol. The number of carbonyl (C=O) groups is 2. The second kappa shape index (κ2) is 14.3. The lowest BCUT2D eigenvalue weighted by molar-refractivity contribution is 0.0932. The number of Topliss-reactive ketones (excluding diaryl/α,β-unsaturated/α-hetero) is 1. The lowest BCUT2D eigenvalue weighted by atomic mass is 10.0. The summed E-state index contributed by atoms with van der Waals surface area (Å²) in [6, 6.07) is 9.78. The van der Waals surface area contributed by atoms with Gasteiger partial charge in [0.15, 0.2) is 11.5 Å². The van der Waals surface area contributed by atoms with Gasteiger partial charge in [0.05, 0.1) is 6.61 Å². The van der Waals surface area contributed by atoms with Crippen molar-refractivity contribution < 1.29 is 32.6 Å². The van der Waals surface area contributed by atoms with Gasteiger partial charge in [-0.15, -0.1) is 13.2 Å². The summed E-state index contributed by atoms with van der Waals surface area (Å²) in [7, 11) is 0. The number of ketones is 1. The van der Waals surface area contributed by atoms with E-state index in [2.05, 4.69) is 18.5 Å². The van der Waals surface area contributed by atoms with Gasteiger partial charge in [0.2, 0.25) is 5.43 Å². The van der Waals surface area contributed by atoms with Crippen molar-refractivity contribution in [2.75, 3.05) is 6.61 Å². The van der Waals surface area contributed by atoms with E-state index in [1.807, 2.05) is 0 Å². The van der Waals surface area contributed by atoms with E-state index >= 15 is 0 Å². The number of amides is 1. The summed E-state index contributed by atoms with van der Waals surface area (Å²) < 4.78 is 48.8. The van der Waals surface area contributed by atoms with Crippen molar-refractivity contribution in [2.45, 2.75) is 33.0 Å². The number of pyridine rings is 1. The highest BCUT2D eigenvalue weighted by Gasteiger charge is 2.27. The first-order chi connectivity index (χ1) is 19.6. The maximum Gasteiger partial charge on any atom is 0.257 e. The first-order valence-electron chi connectivity index (χ1n) is 12.8. The molecule has 0 unspecified atom stereocenters. The highest BCUT2D eigenvalue weighted by Crippen LogP contribution is 2.23. The van der Waals surface area contributed by atoms with Gasteiger partial charge in [-0.3, -0.25) is 14.4 Å². The summed E-state index contributed by atoms with van der Waals surface area (Å²) in [6.45, 7) is 8.00. The number of ether oxygens (including phenoxy) is 1. The number of aliphatic hydroxyl groups is 1. The molecule has 0 bridgehead atoms. The fourth-order valence-electron chi connectivity index (χ4n) is 4.03. The molecule has 0 aliphatic rings. The molecule has 41 heavy (non-hydrogen) atoms. The molecule has 0 spiro atoms. The molecule has 1 heterocycles. The number of aromatic nitrogens is 1. The molecule has 7 nitrogen and oxygen atoms in total. The van der Waals surface area contributed by atoms with Gasteiger partial charge < -0.3 is 19.7 Å². The van der Waals surface area contributed by atoms with Crippen molar-refractivity contribution in [3.05, 3.63) is 124 Å². The number of allylic oxidation sites excluding steroid dienone is 1. The van der Waals surface area contributed by atoms with Crippen molar-refractivity contribution in [2.24, 2.45) is 11.8 Å². The quantitative estimate of drug-likeness (QED) is 0.212.